The highest BCUT2D eigenvalue weighted by molar-refractivity contribution is 14.0. The second-order valence-corrected chi connectivity index (χ2v) is 7.04. The fraction of sp³-hybridized carbons (Fsp3) is 0.600. The summed E-state index contributed by atoms with van der Waals surface area (Å²) in [5.41, 5.74) is 0.929. The molecule has 0 spiro atoms. The Morgan fingerprint density at radius 3 is 2.91 bits per heavy atom. The van der Waals surface area contributed by atoms with Crippen LogP contribution >= 0.6 is 35.7 Å². The van der Waals surface area contributed by atoms with Gasteiger partial charge in [0.15, 0.2) is 5.96 Å². The zero-order chi connectivity index (χ0) is 15.1. The molecule has 1 aromatic rings. The maximum atomic E-state index is 5.13. The fourth-order valence-corrected chi connectivity index (χ4v) is 3.56. The Morgan fingerprint density at radius 1 is 1.45 bits per heavy atom. The van der Waals surface area contributed by atoms with Crippen molar-refractivity contribution >= 4 is 41.7 Å². The number of thioether (sulfide) groups is 1. The highest BCUT2D eigenvalue weighted by Gasteiger charge is 2.29. The molecular weight excluding hydrogens is 411 g/mol. The zero-order valence-corrected chi connectivity index (χ0v) is 16.5. The van der Waals surface area contributed by atoms with Crippen LogP contribution < -0.4 is 15.4 Å². The first-order valence-electron chi connectivity index (χ1n) is 7.23. The summed E-state index contributed by atoms with van der Waals surface area (Å²) in [4.78, 5) is 8.64. The summed E-state index contributed by atoms with van der Waals surface area (Å²) in [5, 5.41) is 6.70. The summed E-state index contributed by atoms with van der Waals surface area (Å²) in [7, 11) is 3.42. The molecule has 2 heterocycles. The van der Waals surface area contributed by atoms with Crippen LogP contribution in [-0.4, -0.2) is 42.1 Å². The average Bonchev–Trinajstić information content (AvgIpc) is 2.95. The van der Waals surface area contributed by atoms with E-state index >= 15 is 0 Å². The molecule has 1 saturated heterocycles. The first kappa shape index (κ1) is 19.3. The van der Waals surface area contributed by atoms with E-state index < -0.39 is 0 Å². The standard InChI is InChI=1S/C15H24N4OS.HI/c1-15(8-5-9-21-15)11-18-14(16-2)17-10-12-6-4-7-13(19-12)20-3;/h4,6-7H,5,8-11H2,1-3H3,(H2,16,17,18);1H. The molecule has 0 saturated carbocycles. The Bertz CT molecular complexity index is 492. The van der Waals surface area contributed by atoms with E-state index in [4.69, 9.17) is 4.74 Å². The number of pyridine rings is 1. The fourth-order valence-electron chi connectivity index (χ4n) is 2.31. The van der Waals surface area contributed by atoms with Gasteiger partial charge in [-0.3, -0.25) is 4.99 Å². The normalized spacial score (nSPS) is 21.1. The van der Waals surface area contributed by atoms with Crippen molar-refractivity contribution in [3.63, 3.8) is 0 Å². The maximum Gasteiger partial charge on any atom is 0.213 e. The van der Waals surface area contributed by atoms with Crippen molar-refractivity contribution in [3.05, 3.63) is 23.9 Å². The largest absolute Gasteiger partial charge is 0.481 e. The molecule has 0 bridgehead atoms. The van der Waals surface area contributed by atoms with Crippen LogP contribution in [0.4, 0.5) is 0 Å². The molecule has 2 rings (SSSR count). The Balaban J connectivity index is 0.00000242. The number of aliphatic imine (C=N–C) groups is 1. The van der Waals surface area contributed by atoms with Crippen molar-refractivity contribution in [2.45, 2.75) is 31.1 Å². The maximum absolute atomic E-state index is 5.13. The Labute approximate surface area is 154 Å². The summed E-state index contributed by atoms with van der Waals surface area (Å²) in [6.07, 6.45) is 2.57. The molecular formula is C15H25IN4OS. The molecule has 7 heteroatoms. The minimum atomic E-state index is 0. The molecule has 1 atom stereocenters. The molecule has 0 aliphatic carbocycles. The first-order chi connectivity index (χ1) is 10.1. The summed E-state index contributed by atoms with van der Waals surface area (Å²) in [6.45, 7) is 3.87. The van der Waals surface area contributed by atoms with Gasteiger partial charge in [-0.2, -0.15) is 11.8 Å². The number of halogens is 1. The predicted molar refractivity (Wildman–Crippen MR) is 105 cm³/mol. The van der Waals surface area contributed by atoms with Crippen molar-refractivity contribution in [1.82, 2.24) is 15.6 Å². The molecule has 1 unspecified atom stereocenters. The van der Waals surface area contributed by atoms with Crippen molar-refractivity contribution in [1.29, 1.82) is 0 Å². The molecule has 0 amide bonds. The topological polar surface area (TPSA) is 58.5 Å². The van der Waals surface area contributed by atoms with E-state index in [-0.39, 0.29) is 24.0 Å². The van der Waals surface area contributed by atoms with Gasteiger partial charge >= 0.3 is 0 Å². The third kappa shape index (κ3) is 5.83. The van der Waals surface area contributed by atoms with Gasteiger partial charge in [0.1, 0.15) is 0 Å². The second kappa shape index (κ2) is 9.44. The van der Waals surface area contributed by atoms with E-state index in [0.717, 1.165) is 18.2 Å². The number of nitrogens with zero attached hydrogens (tertiary/aromatic N) is 2. The molecule has 1 fully saturated rings. The van der Waals surface area contributed by atoms with Crippen molar-refractivity contribution in [3.8, 4) is 5.88 Å². The molecule has 0 radical (unpaired) electrons. The van der Waals surface area contributed by atoms with Gasteiger partial charge in [0, 0.05) is 24.4 Å². The van der Waals surface area contributed by atoms with Crippen molar-refractivity contribution in [2.75, 3.05) is 26.5 Å². The molecule has 0 aromatic carbocycles. The quantitative estimate of drug-likeness (QED) is 0.422. The molecule has 1 aliphatic rings. The minimum absolute atomic E-state index is 0. The first-order valence-corrected chi connectivity index (χ1v) is 8.22. The van der Waals surface area contributed by atoms with Crippen LogP contribution in [0.2, 0.25) is 0 Å². The monoisotopic (exact) mass is 436 g/mol. The van der Waals surface area contributed by atoms with Crippen LogP contribution in [0, 0.1) is 0 Å². The number of ether oxygens (including phenoxy) is 1. The number of rotatable bonds is 5. The summed E-state index contributed by atoms with van der Waals surface area (Å²) < 4.78 is 5.45. The van der Waals surface area contributed by atoms with E-state index in [2.05, 4.69) is 27.5 Å². The van der Waals surface area contributed by atoms with E-state index in [0.29, 0.717) is 17.2 Å². The summed E-state index contributed by atoms with van der Waals surface area (Å²) >= 11 is 2.04. The number of hydrogen-bond donors (Lipinski definition) is 2. The molecule has 1 aromatic heterocycles. The van der Waals surface area contributed by atoms with Crippen LogP contribution in [-0.2, 0) is 6.54 Å². The van der Waals surface area contributed by atoms with E-state index in [1.165, 1.54) is 18.6 Å². The molecule has 124 valence electrons. The minimum Gasteiger partial charge on any atom is -0.481 e. The molecule has 1 aliphatic heterocycles. The number of guanidine groups is 1. The number of nitrogens with one attached hydrogen (secondary N) is 2. The predicted octanol–water partition coefficient (Wildman–Crippen LogP) is 2.66. The van der Waals surface area contributed by atoms with Gasteiger partial charge in [-0.05, 0) is 31.6 Å². The zero-order valence-electron chi connectivity index (χ0n) is 13.4. The van der Waals surface area contributed by atoms with Crippen molar-refractivity contribution in [2.24, 2.45) is 4.99 Å². The average molecular weight is 436 g/mol. The van der Waals surface area contributed by atoms with Gasteiger partial charge in [0.05, 0.1) is 19.3 Å². The molecule has 2 N–H and O–H groups in total. The molecule has 5 nitrogen and oxygen atoms in total. The Hall–Kier alpha value is -0.700. The van der Waals surface area contributed by atoms with Crippen LogP contribution in [0.25, 0.3) is 0 Å². The van der Waals surface area contributed by atoms with Gasteiger partial charge < -0.3 is 15.4 Å². The van der Waals surface area contributed by atoms with Gasteiger partial charge in [0.2, 0.25) is 5.88 Å². The van der Waals surface area contributed by atoms with Gasteiger partial charge in [0.25, 0.3) is 0 Å². The number of aromatic nitrogens is 1. The van der Waals surface area contributed by atoms with Gasteiger partial charge in [-0.15, -0.1) is 24.0 Å². The van der Waals surface area contributed by atoms with Crippen LogP contribution in [0.15, 0.2) is 23.2 Å². The highest BCUT2D eigenvalue weighted by Crippen LogP contribution is 2.36. The highest BCUT2D eigenvalue weighted by atomic mass is 127. The lowest BCUT2D eigenvalue weighted by molar-refractivity contribution is 0.396. The lowest BCUT2D eigenvalue weighted by Gasteiger charge is -2.24. The van der Waals surface area contributed by atoms with Gasteiger partial charge in [-0.1, -0.05) is 6.07 Å². The van der Waals surface area contributed by atoms with E-state index in [1.807, 2.05) is 30.0 Å². The second-order valence-electron chi connectivity index (χ2n) is 5.35. The lowest BCUT2D eigenvalue weighted by Crippen LogP contribution is -2.43. The Kier molecular flexibility index (Phi) is 8.30. The SMILES string of the molecule is CN=C(NCc1cccc(OC)n1)NCC1(C)CCCS1.I. The van der Waals surface area contributed by atoms with Crippen LogP contribution in [0.5, 0.6) is 5.88 Å². The third-order valence-corrected chi connectivity index (χ3v) is 5.12. The van der Waals surface area contributed by atoms with Crippen LogP contribution in [0.3, 0.4) is 0 Å². The van der Waals surface area contributed by atoms with E-state index in [9.17, 15) is 0 Å². The summed E-state index contributed by atoms with van der Waals surface area (Å²) in [6, 6.07) is 5.75. The third-order valence-electron chi connectivity index (χ3n) is 3.58. The number of hydrogen-bond acceptors (Lipinski definition) is 4. The Morgan fingerprint density at radius 2 is 2.27 bits per heavy atom. The molecule has 22 heavy (non-hydrogen) atoms. The van der Waals surface area contributed by atoms with E-state index in [1.54, 1.807) is 14.2 Å². The smallest absolute Gasteiger partial charge is 0.213 e. The van der Waals surface area contributed by atoms with Crippen molar-refractivity contribution < 1.29 is 4.74 Å². The summed E-state index contributed by atoms with van der Waals surface area (Å²) in [5.74, 6) is 2.71. The van der Waals surface area contributed by atoms with Crippen LogP contribution in [0.1, 0.15) is 25.5 Å². The lowest BCUT2D eigenvalue weighted by atomic mass is 10.1. The van der Waals surface area contributed by atoms with Gasteiger partial charge in [-0.25, -0.2) is 4.98 Å². The number of methoxy groups -OCH3 is 1.